The molecular weight excluding hydrogens is 344 g/mol. The van der Waals surface area contributed by atoms with Crippen molar-refractivity contribution in [3.05, 3.63) is 59.4 Å². The molecule has 4 aromatic rings. The monoisotopic (exact) mass is 373 g/mol. The van der Waals surface area contributed by atoms with Crippen LogP contribution in [0.3, 0.4) is 0 Å². The fourth-order valence-corrected chi connectivity index (χ4v) is 3.79. The van der Waals surface area contributed by atoms with Gasteiger partial charge in [0.1, 0.15) is 7.05 Å². The molecule has 3 heteroatoms. The van der Waals surface area contributed by atoms with Gasteiger partial charge in [-0.05, 0) is 36.6 Å². The molecule has 0 unspecified atom stereocenters. The topological polar surface area (TPSA) is 29.9 Å². The average Bonchev–Trinajstić information content (AvgIpc) is 2.99. The van der Waals surface area contributed by atoms with Gasteiger partial charge in [0.25, 0.3) is 0 Å². The minimum absolute atomic E-state index is 0.00890. The molecule has 1 aromatic carbocycles. The van der Waals surface area contributed by atoms with E-state index in [1.54, 1.807) is 0 Å². The Labute approximate surface area is 167 Å². The van der Waals surface area contributed by atoms with Gasteiger partial charge in [-0.2, -0.15) is 0 Å². The molecule has 3 heterocycles. The Morgan fingerprint density at radius 2 is 1.68 bits per heavy atom. The zero-order valence-corrected chi connectivity index (χ0v) is 17.9. The smallest absolute Gasteiger partial charge is 0.227 e. The van der Waals surface area contributed by atoms with E-state index in [0.717, 1.165) is 39.0 Å². The van der Waals surface area contributed by atoms with Crippen LogP contribution in [-0.2, 0) is 12.5 Å². The molecule has 0 fully saturated rings. The number of nitrogens with zero attached hydrogens (tertiary/aromatic N) is 2. The lowest BCUT2D eigenvalue weighted by Gasteiger charge is -2.16. The van der Waals surface area contributed by atoms with Crippen molar-refractivity contribution in [1.29, 1.82) is 0 Å². The summed E-state index contributed by atoms with van der Waals surface area (Å²) in [6.07, 6.45) is 2.22. The number of fused-ring (bicyclic) bond motifs is 3. The highest BCUT2D eigenvalue weighted by Gasteiger charge is 2.23. The van der Waals surface area contributed by atoms with Gasteiger partial charge >= 0.3 is 0 Å². The third-order valence-electron chi connectivity index (χ3n) is 5.56. The average molecular weight is 374 g/mol. The number of hydrogen-bond acceptors (Lipinski definition) is 2. The van der Waals surface area contributed by atoms with Crippen LogP contribution >= 0.6 is 0 Å². The Hall–Kier alpha value is -2.68. The van der Waals surface area contributed by atoms with Gasteiger partial charge < -0.3 is 4.42 Å². The van der Waals surface area contributed by atoms with Gasteiger partial charge in [-0.1, -0.05) is 46.8 Å². The quantitative estimate of drug-likeness (QED) is 0.391. The van der Waals surface area contributed by atoms with E-state index in [0.29, 0.717) is 5.92 Å². The lowest BCUT2D eigenvalue weighted by molar-refractivity contribution is -0.660. The zero-order valence-electron chi connectivity index (χ0n) is 17.9. The summed E-state index contributed by atoms with van der Waals surface area (Å²) < 4.78 is 8.57. The molecule has 0 amide bonds. The molecule has 0 spiro atoms. The molecule has 4 rings (SSSR count). The number of furan rings is 1. The van der Waals surface area contributed by atoms with Gasteiger partial charge in [-0.3, -0.25) is 0 Å². The predicted octanol–water partition coefficient (Wildman–Crippen LogP) is 6.20. The first-order chi connectivity index (χ1) is 13.2. The molecule has 0 saturated heterocycles. The van der Waals surface area contributed by atoms with Crippen molar-refractivity contribution < 1.29 is 8.98 Å². The highest BCUT2D eigenvalue weighted by molar-refractivity contribution is 6.08. The van der Waals surface area contributed by atoms with Crippen LogP contribution in [0.1, 0.15) is 57.4 Å². The van der Waals surface area contributed by atoms with Gasteiger partial charge in [0.2, 0.25) is 11.4 Å². The Balaban J connectivity index is 2.00. The second kappa shape index (κ2) is 6.44. The fourth-order valence-electron chi connectivity index (χ4n) is 3.79. The maximum absolute atomic E-state index is 6.36. The van der Waals surface area contributed by atoms with Crippen molar-refractivity contribution in [3.63, 3.8) is 0 Å². The summed E-state index contributed by atoms with van der Waals surface area (Å²) in [5.41, 5.74) is 7.51. The van der Waals surface area contributed by atoms with Gasteiger partial charge in [0.15, 0.2) is 11.8 Å². The highest BCUT2D eigenvalue weighted by Crippen LogP contribution is 2.37. The number of hydrogen-bond donors (Lipinski definition) is 0. The SMILES string of the molecule is Cc1ccc2c(oc3nc(C(C)(C)C)ccc32)c1-c1ccc(C(C)C)c[n+]1C. The van der Waals surface area contributed by atoms with E-state index in [2.05, 4.69) is 95.8 Å². The molecule has 144 valence electrons. The maximum atomic E-state index is 6.36. The molecule has 28 heavy (non-hydrogen) atoms. The second-order valence-corrected chi connectivity index (χ2v) is 9.15. The van der Waals surface area contributed by atoms with E-state index in [-0.39, 0.29) is 5.41 Å². The van der Waals surface area contributed by atoms with Crippen molar-refractivity contribution in [1.82, 2.24) is 4.98 Å². The van der Waals surface area contributed by atoms with Crippen LogP contribution in [0.5, 0.6) is 0 Å². The summed E-state index contributed by atoms with van der Waals surface area (Å²) in [5.74, 6) is 0.503. The van der Waals surface area contributed by atoms with E-state index >= 15 is 0 Å². The summed E-state index contributed by atoms with van der Waals surface area (Å²) in [5, 5.41) is 2.20. The molecular formula is C25H29N2O+. The Bertz CT molecular complexity index is 1190. The number of pyridine rings is 2. The minimum Gasteiger partial charge on any atom is -0.437 e. The molecule has 0 radical (unpaired) electrons. The maximum Gasteiger partial charge on any atom is 0.227 e. The normalized spacial score (nSPS) is 12.4. The fraction of sp³-hybridized carbons (Fsp3) is 0.360. The van der Waals surface area contributed by atoms with Crippen molar-refractivity contribution >= 4 is 22.1 Å². The van der Waals surface area contributed by atoms with E-state index in [1.165, 1.54) is 11.1 Å². The van der Waals surface area contributed by atoms with Crippen LogP contribution in [0.4, 0.5) is 0 Å². The second-order valence-electron chi connectivity index (χ2n) is 9.15. The molecule has 3 aromatic heterocycles. The van der Waals surface area contributed by atoms with Crippen LogP contribution in [0.25, 0.3) is 33.3 Å². The lowest BCUT2D eigenvalue weighted by atomic mass is 9.91. The third kappa shape index (κ3) is 2.99. The van der Waals surface area contributed by atoms with Crippen LogP contribution in [0.2, 0.25) is 0 Å². The van der Waals surface area contributed by atoms with Crippen LogP contribution in [-0.4, -0.2) is 4.98 Å². The van der Waals surface area contributed by atoms with Gasteiger partial charge in [0.05, 0.1) is 5.56 Å². The predicted molar refractivity (Wildman–Crippen MR) is 116 cm³/mol. The molecule has 0 aliphatic carbocycles. The summed E-state index contributed by atoms with van der Waals surface area (Å²) in [7, 11) is 2.11. The van der Waals surface area contributed by atoms with Crippen LogP contribution < -0.4 is 4.57 Å². The zero-order chi connectivity index (χ0) is 20.2. The molecule has 3 nitrogen and oxygen atoms in total. The van der Waals surface area contributed by atoms with E-state index in [4.69, 9.17) is 9.40 Å². The lowest BCUT2D eigenvalue weighted by Crippen LogP contribution is -2.31. The molecule has 0 atom stereocenters. The van der Waals surface area contributed by atoms with Gasteiger partial charge in [-0.15, -0.1) is 0 Å². The number of aryl methyl sites for hydroxylation is 2. The van der Waals surface area contributed by atoms with Crippen LogP contribution in [0, 0.1) is 6.92 Å². The Kier molecular flexibility index (Phi) is 4.29. The Morgan fingerprint density at radius 1 is 0.964 bits per heavy atom. The molecule has 0 aliphatic rings. The molecule has 0 saturated carbocycles. The number of benzene rings is 1. The third-order valence-corrected chi connectivity index (χ3v) is 5.56. The summed E-state index contributed by atoms with van der Waals surface area (Å²) >= 11 is 0. The highest BCUT2D eigenvalue weighted by atomic mass is 16.3. The van der Waals surface area contributed by atoms with Crippen molar-refractivity contribution in [2.24, 2.45) is 7.05 Å². The molecule has 0 bridgehead atoms. The summed E-state index contributed by atoms with van der Waals surface area (Å²) in [6.45, 7) is 13.1. The number of aromatic nitrogens is 2. The van der Waals surface area contributed by atoms with E-state index in [9.17, 15) is 0 Å². The van der Waals surface area contributed by atoms with Crippen molar-refractivity contribution in [3.8, 4) is 11.3 Å². The van der Waals surface area contributed by atoms with Gasteiger partial charge in [0, 0.05) is 33.5 Å². The van der Waals surface area contributed by atoms with E-state index < -0.39 is 0 Å². The minimum atomic E-state index is -0.00890. The van der Waals surface area contributed by atoms with E-state index in [1.807, 2.05) is 0 Å². The first kappa shape index (κ1) is 18.7. The standard InChI is InChI=1S/C25H29N2O/c1-15(2)17-9-12-20(27(7)14-17)22-16(3)8-10-18-19-11-13-21(25(4,5)6)26-24(19)28-23(18)22/h8-15H,1-7H3/q+1. The summed E-state index contributed by atoms with van der Waals surface area (Å²) in [6, 6.07) is 13.0. The first-order valence-electron chi connectivity index (χ1n) is 10.00. The van der Waals surface area contributed by atoms with Gasteiger partial charge in [-0.25, -0.2) is 9.55 Å². The largest absolute Gasteiger partial charge is 0.437 e. The Morgan fingerprint density at radius 3 is 2.32 bits per heavy atom. The van der Waals surface area contributed by atoms with Crippen molar-refractivity contribution in [2.75, 3.05) is 0 Å². The summed E-state index contributed by atoms with van der Waals surface area (Å²) in [4.78, 5) is 4.83. The van der Waals surface area contributed by atoms with Crippen LogP contribution in [0.15, 0.2) is 47.0 Å². The number of rotatable bonds is 2. The molecule has 0 aliphatic heterocycles. The van der Waals surface area contributed by atoms with Crippen molar-refractivity contribution in [2.45, 2.75) is 52.9 Å². The first-order valence-corrected chi connectivity index (χ1v) is 10.00. The molecule has 0 N–H and O–H groups in total.